The van der Waals surface area contributed by atoms with E-state index in [-0.39, 0.29) is 18.6 Å². The highest BCUT2D eigenvalue weighted by atomic mass is 16.5. The topological polar surface area (TPSA) is 38.3 Å². The Balaban J connectivity index is 1.60. The van der Waals surface area contributed by atoms with E-state index in [9.17, 15) is 4.79 Å². The number of hydrogen-bond donors (Lipinski definition) is 1. The zero-order chi connectivity index (χ0) is 16.2. The van der Waals surface area contributed by atoms with E-state index in [0.717, 1.165) is 30.6 Å². The molecule has 1 aliphatic rings. The van der Waals surface area contributed by atoms with Crippen molar-refractivity contribution < 1.29 is 9.53 Å². The smallest absolute Gasteiger partial charge is 0.258 e. The molecule has 3 rings (SSSR count). The third kappa shape index (κ3) is 3.73. The molecule has 3 nitrogen and oxygen atoms in total. The van der Waals surface area contributed by atoms with Crippen LogP contribution in [0.3, 0.4) is 0 Å². The van der Waals surface area contributed by atoms with Crippen molar-refractivity contribution in [3.63, 3.8) is 0 Å². The van der Waals surface area contributed by atoms with Crippen molar-refractivity contribution in [3.05, 3.63) is 64.7 Å². The number of nitrogens with one attached hydrogen (secondary N) is 1. The van der Waals surface area contributed by atoms with E-state index in [2.05, 4.69) is 29.6 Å². The average Bonchev–Trinajstić information content (AvgIpc) is 2.54. The first kappa shape index (κ1) is 15.6. The molecule has 0 heterocycles. The Bertz CT molecular complexity index is 709. The molecule has 0 saturated carbocycles. The maximum atomic E-state index is 12.2. The number of hydrogen-bond acceptors (Lipinski definition) is 2. The van der Waals surface area contributed by atoms with Gasteiger partial charge in [0.15, 0.2) is 6.61 Å². The minimum Gasteiger partial charge on any atom is -0.484 e. The molecule has 120 valence electrons. The van der Waals surface area contributed by atoms with Gasteiger partial charge in [-0.25, -0.2) is 0 Å². The van der Waals surface area contributed by atoms with Gasteiger partial charge in [0, 0.05) is 0 Å². The van der Waals surface area contributed by atoms with Gasteiger partial charge >= 0.3 is 0 Å². The van der Waals surface area contributed by atoms with Crippen molar-refractivity contribution in [2.75, 3.05) is 6.61 Å². The molecule has 1 N–H and O–H groups in total. The Labute approximate surface area is 137 Å². The number of rotatable bonds is 4. The third-order valence-corrected chi connectivity index (χ3v) is 4.39. The summed E-state index contributed by atoms with van der Waals surface area (Å²) in [6, 6.07) is 14.5. The molecule has 1 amide bonds. The first-order chi connectivity index (χ1) is 11.1. The Hall–Kier alpha value is -2.29. The molecule has 0 fully saturated rings. The Kier molecular flexibility index (Phi) is 4.65. The van der Waals surface area contributed by atoms with E-state index in [1.807, 2.05) is 32.0 Å². The lowest BCUT2D eigenvalue weighted by Crippen LogP contribution is -2.34. The van der Waals surface area contributed by atoms with Crippen LogP contribution in [-0.4, -0.2) is 12.5 Å². The quantitative estimate of drug-likeness (QED) is 0.931. The predicted octanol–water partition coefficient (Wildman–Crippen LogP) is 3.88. The monoisotopic (exact) mass is 309 g/mol. The maximum absolute atomic E-state index is 12.2. The second kappa shape index (κ2) is 6.86. The molecular formula is C20H23NO2. The van der Waals surface area contributed by atoms with Crippen LogP contribution in [0.4, 0.5) is 0 Å². The maximum Gasteiger partial charge on any atom is 0.258 e. The Morgan fingerprint density at radius 1 is 1.22 bits per heavy atom. The summed E-state index contributed by atoms with van der Waals surface area (Å²) < 4.78 is 5.67. The third-order valence-electron chi connectivity index (χ3n) is 4.39. The summed E-state index contributed by atoms with van der Waals surface area (Å²) >= 11 is 0. The summed E-state index contributed by atoms with van der Waals surface area (Å²) in [5.74, 6) is 0.710. The van der Waals surface area contributed by atoms with Gasteiger partial charge in [-0.05, 0) is 55.9 Å². The molecule has 2 aromatic rings. The molecule has 0 saturated heterocycles. The van der Waals surface area contributed by atoms with E-state index in [1.165, 1.54) is 16.7 Å². The van der Waals surface area contributed by atoms with Crippen LogP contribution in [-0.2, 0) is 11.2 Å². The molecular weight excluding hydrogens is 286 g/mol. The van der Waals surface area contributed by atoms with Crippen LogP contribution < -0.4 is 10.1 Å². The summed E-state index contributed by atoms with van der Waals surface area (Å²) in [7, 11) is 0. The van der Waals surface area contributed by atoms with Gasteiger partial charge in [0.2, 0.25) is 0 Å². The van der Waals surface area contributed by atoms with Crippen LogP contribution in [0.15, 0.2) is 42.5 Å². The molecule has 2 aromatic carbocycles. The summed E-state index contributed by atoms with van der Waals surface area (Å²) in [5, 5.41) is 3.11. The van der Waals surface area contributed by atoms with Crippen LogP contribution >= 0.6 is 0 Å². The van der Waals surface area contributed by atoms with Gasteiger partial charge in [-0.3, -0.25) is 4.79 Å². The normalized spacial score (nSPS) is 16.5. The minimum atomic E-state index is -0.0633. The van der Waals surface area contributed by atoms with Crippen molar-refractivity contribution in [3.8, 4) is 5.75 Å². The number of ether oxygens (including phenoxy) is 1. The molecule has 1 aliphatic carbocycles. The van der Waals surface area contributed by atoms with Gasteiger partial charge in [0.1, 0.15) is 5.75 Å². The second-order valence-corrected chi connectivity index (χ2v) is 6.27. The van der Waals surface area contributed by atoms with Crippen LogP contribution in [0.5, 0.6) is 5.75 Å². The van der Waals surface area contributed by atoms with Crippen molar-refractivity contribution in [1.29, 1.82) is 0 Å². The molecule has 0 radical (unpaired) electrons. The standard InChI is InChI=1S/C20H23NO2/c1-14-10-11-19(15(2)12-14)23-13-20(22)21-18-9-5-7-16-6-3-4-8-17(16)18/h3-4,6,8,10-12,18H,5,7,9,13H2,1-2H3,(H,21,22)/t18-/m0/s1. The number of carbonyl (C=O) groups is 1. The summed E-state index contributed by atoms with van der Waals surface area (Å²) in [5.41, 5.74) is 4.84. The highest BCUT2D eigenvalue weighted by Gasteiger charge is 2.21. The molecule has 0 bridgehead atoms. The first-order valence-electron chi connectivity index (χ1n) is 8.21. The number of carbonyl (C=O) groups excluding carboxylic acids is 1. The number of aryl methyl sites for hydroxylation is 3. The fraction of sp³-hybridized carbons (Fsp3) is 0.350. The molecule has 3 heteroatoms. The van der Waals surface area contributed by atoms with Crippen molar-refractivity contribution in [2.24, 2.45) is 0 Å². The predicted molar refractivity (Wildman–Crippen MR) is 91.7 cm³/mol. The lowest BCUT2D eigenvalue weighted by molar-refractivity contribution is -0.124. The minimum absolute atomic E-state index is 0.0581. The van der Waals surface area contributed by atoms with Crippen molar-refractivity contribution in [1.82, 2.24) is 5.32 Å². The SMILES string of the molecule is Cc1ccc(OCC(=O)N[C@H]2CCCc3ccccc32)c(C)c1. The Morgan fingerprint density at radius 2 is 2.04 bits per heavy atom. The highest BCUT2D eigenvalue weighted by Crippen LogP contribution is 2.29. The van der Waals surface area contributed by atoms with Crippen molar-refractivity contribution in [2.45, 2.75) is 39.2 Å². The van der Waals surface area contributed by atoms with Crippen LogP contribution in [0.25, 0.3) is 0 Å². The van der Waals surface area contributed by atoms with Crippen LogP contribution in [0, 0.1) is 13.8 Å². The number of benzene rings is 2. The molecule has 0 unspecified atom stereocenters. The summed E-state index contributed by atoms with van der Waals surface area (Å²) in [4.78, 5) is 12.2. The number of fused-ring (bicyclic) bond motifs is 1. The fourth-order valence-corrected chi connectivity index (χ4v) is 3.24. The van der Waals surface area contributed by atoms with Gasteiger partial charge in [0.05, 0.1) is 6.04 Å². The van der Waals surface area contributed by atoms with Gasteiger partial charge in [-0.15, -0.1) is 0 Å². The molecule has 0 aliphatic heterocycles. The molecule has 1 atom stereocenters. The van der Waals surface area contributed by atoms with Crippen LogP contribution in [0.2, 0.25) is 0 Å². The van der Waals surface area contributed by atoms with E-state index < -0.39 is 0 Å². The molecule has 23 heavy (non-hydrogen) atoms. The first-order valence-corrected chi connectivity index (χ1v) is 8.21. The van der Waals surface area contributed by atoms with Crippen molar-refractivity contribution >= 4 is 5.91 Å². The Morgan fingerprint density at radius 3 is 2.87 bits per heavy atom. The average molecular weight is 309 g/mol. The molecule has 0 aromatic heterocycles. The van der Waals surface area contributed by atoms with E-state index in [4.69, 9.17) is 4.74 Å². The molecule has 0 spiro atoms. The van der Waals surface area contributed by atoms with Gasteiger partial charge in [0.25, 0.3) is 5.91 Å². The lowest BCUT2D eigenvalue weighted by Gasteiger charge is -2.26. The van der Waals surface area contributed by atoms with E-state index in [0.29, 0.717) is 0 Å². The lowest BCUT2D eigenvalue weighted by atomic mass is 9.88. The highest BCUT2D eigenvalue weighted by molar-refractivity contribution is 5.78. The van der Waals surface area contributed by atoms with Gasteiger partial charge in [-0.1, -0.05) is 42.0 Å². The second-order valence-electron chi connectivity index (χ2n) is 6.27. The van der Waals surface area contributed by atoms with Gasteiger partial charge < -0.3 is 10.1 Å². The van der Waals surface area contributed by atoms with E-state index >= 15 is 0 Å². The zero-order valence-corrected chi connectivity index (χ0v) is 13.8. The summed E-state index contributed by atoms with van der Waals surface area (Å²) in [6.07, 6.45) is 3.20. The summed E-state index contributed by atoms with van der Waals surface area (Å²) in [6.45, 7) is 4.10. The largest absolute Gasteiger partial charge is 0.484 e. The number of amides is 1. The zero-order valence-electron chi connectivity index (χ0n) is 13.8. The van der Waals surface area contributed by atoms with E-state index in [1.54, 1.807) is 0 Å². The fourth-order valence-electron chi connectivity index (χ4n) is 3.24. The van der Waals surface area contributed by atoms with Gasteiger partial charge in [-0.2, -0.15) is 0 Å². The van der Waals surface area contributed by atoms with Crippen LogP contribution in [0.1, 0.15) is 41.1 Å².